The van der Waals surface area contributed by atoms with Crippen molar-refractivity contribution in [1.29, 1.82) is 0 Å². The third-order valence-electron chi connectivity index (χ3n) is 8.79. The van der Waals surface area contributed by atoms with E-state index in [1.54, 1.807) is 0 Å². The molecule has 0 saturated carbocycles. The topological polar surface area (TPSA) is 49.1 Å². The third kappa shape index (κ3) is 4.89. The second-order valence-electron chi connectivity index (χ2n) is 11.5. The van der Waals surface area contributed by atoms with Crippen molar-refractivity contribution in [3.63, 3.8) is 0 Å². The zero-order valence-corrected chi connectivity index (χ0v) is 23.9. The maximum absolute atomic E-state index is 5.24. The summed E-state index contributed by atoms with van der Waals surface area (Å²) in [6.07, 6.45) is 23.8. The Balaban J connectivity index is 1.30. The van der Waals surface area contributed by atoms with Crippen LogP contribution >= 0.6 is 0 Å². The number of allylic oxidation sites excluding steroid dienone is 8. The van der Waals surface area contributed by atoms with E-state index < -0.39 is 0 Å². The molecule has 3 unspecified atom stereocenters. The number of amidine groups is 2. The molecule has 3 aromatic rings. The van der Waals surface area contributed by atoms with Gasteiger partial charge in [0.1, 0.15) is 11.7 Å². The second-order valence-corrected chi connectivity index (χ2v) is 11.5. The molecule has 0 radical (unpaired) electrons. The molecule has 3 atom stereocenters. The molecule has 0 aromatic heterocycles. The summed E-state index contributed by atoms with van der Waals surface area (Å²) >= 11 is 0. The predicted molar refractivity (Wildman–Crippen MR) is 178 cm³/mol. The summed E-state index contributed by atoms with van der Waals surface area (Å²) in [5.41, 5.74) is 8.13. The van der Waals surface area contributed by atoms with Gasteiger partial charge in [-0.3, -0.25) is 4.99 Å². The average Bonchev–Trinajstić information content (AvgIpc) is 3.64. The fourth-order valence-electron chi connectivity index (χ4n) is 6.67. The average molecular weight is 557 g/mol. The van der Waals surface area contributed by atoms with Gasteiger partial charge in [0, 0.05) is 23.0 Å². The lowest BCUT2D eigenvalue weighted by Crippen LogP contribution is -2.36. The van der Waals surface area contributed by atoms with Gasteiger partial charge >= 0.3 is 0 Å². The number of hydrogen-bond donors (Lipinski definition) is 1. The van der Waals surface area contributed by atoms with Crippen LogP contribution in [0, 0.1) is 5.92 Å². The summed E-state index contributed by atoms with van der Waals surface area (Å²) in [4.78, 5) is 15.3. The Morgan fingerprint density at radius 1 is 0.721 bits per heavy atom. The third-order valence-corrected chi connectivity index (χ3v) is 8.79. The van der Waals surface area contributed by atoms with Gasteiger partial charge in [0.15, 0.2) is 6.17 Å². The SMILES string of the molecule is C1=CCCC(C2=NC(c3cc(C4=NCC=C4)cc(C4C=c5ccccc5=C5C=CC=CC54)c3)N=C(c3ccccc3)N2)=C1. The Labute approximate surface area is 252 Å². The van der Waals surface area contributed by atoms with Crippen molar-refractivity contribution in [2.24, 2.45) is 20.9 Å². The number of rotatable bonds is 5. The molecule has 0 spiro atoms. The highest BCUT2D eigenvalue weighted by Crippen LogP contribution is 2.39. The minimum absolute atomic E-state index is 0.185. The number of nitrogens with zero attached hydrogens (tertiary/aromatic N) is 3. The molecule has 5 aliphatic rings. The van der Waals surface area contributed by atoms with E-state index in [0.29, 0.717) is 0 Å². The van der Waals surface area contributed by atoms with Gasteiger partial charge in [0.25, 0.3) is 0 Å². The molecule has 4 heteroatoms. The lowest BCUT2D eigenvalue weighted by atomic mass is 9.74. The molecule has 3 aromatic carbocycles. The predicted octanol–water partition coefficient (Wildman–Crippen LogP) is 6.24. The van der Waals surface area contributed by atoms with E-state index in [1.165, 1.54) is 27.1 Å². The van der Waals surface area contributed by atoms with Crippen LogP contribution in [0.1, 0.15) is 47.2 Å². The summed E-state index contributed by atoms with van der Waals surface area (Å²) in [7, 11) is 0. The van der Waals surface area contributed by atoms with Gasteiger partial charge in [0.05, 0.1) is 12.3 Å². The molecule has 0 saturated heterocycles. The van der Waals surface area contributed by atoms with Gasteiger partial charge in [-0.1, -0.05) is 115 Å². The molecule has 43 heavy (non-hydrogen) atoms. The van der Waals surface area contributed by atoms with Gasteiger partial charge in [-0.05, 0) is 63.8 Å². The van der Waals surface area contributed by atoms with Gasteiger partial charge in [-0.2, -0.15) is 0 Å². The van der Waals surface area contributed by atoms with E-state index in [4.69, 9.17) is 15.0 Å². The maximum atomic E-state index is 5.24. The number of benzene rings is 3. The molecular weight excluding hydrogens is 524 g/mol. The van der Waals surface area contributed by atoms with E-state index >= 15 is 0 Å². The molecule has 1 N–H and O–H groups in total. The molecule has 208 valence electrons. The maximum Gasteiger partial charge on any atom is 0.169 e. The highest BCUT2D eigenvalue weighted by atomic mass is 15.2. The monoisotopic (exact) mass is 556 g/mol. The molecule has 0 bridgehead atoms. The molecule has 0 amide bonds. The van der Waals surface area contributed by atoms with E-state index in [1.807, 2.05) is 6.07 Å². The van der Waals surface area contributed by atoms with E-state index in [0.717, 1.165) is 53.5 Å². The summed E-state index contributed by atoms with van der Waals surface area (Å²) in [6.45, 7) is 0.722. The van der Waals surface area contributed by atoms with Crippen LogP contribution in [0.3, 0.4) is 0 Å². The number of fused-ring (bicyclic) bond motifs is 2. The Hall–Kier alpha value is -5.09. The minimum Gasteiger partial charge on any atom is -0.325 e. The largest absolute Gasteiger partial charge is 0.325 e. The van der Waals surface area contributed by atoms with Crippen molar-refractivity contribution in [2.45, 2.75) is 24.9 Å². The molecule has 3 aliphatic carbocycles. The lowest BCUT2D eigenvalue weighted by Gasteiger charge is -2.30. The van der Waals surface area contributed by atoms with E-state index in [-0.39, 0.29) is 18.0 Å². The summed E-state index contributed by atoms with van der Waals surface area (Å²) < 4.78 is 0. The Morgan fingerprint density at radius 2 is 1.58 bits per heavy atom. The molecule has 4 nitrogen and oxygen atoms in total. The van der Waals surface area contributed by atoms with Crippen LogP contribution in [-0.4, -0.2) is 23.9 Å². The minimum atomic E-state index is -0.371. The van der Waals surface area contributed by atoms with E-state index in [2.05, 4.69) is 133 Å². The molecule has 2 aliphatic heterocycles. The zero-order valence-electron chi connectivity index (χ0n) is 23.9. The number of aliphatic imine (C=N–C) groups is 3. The smallest absolute Gasteiger partial charge is 0.169 e. The zero-order chi connectivity index (χ0) is 28.6. The Morgan fingerprint density at radius 3 is 2.44 bits per heavy atom. The van der Waals surface area contributed by atoms with Crippen LogP contribution in [-0.2, 0) is 0 Å². The normalized spacial score (nSPS) is 23.3. The van der Waals surface area contributed by atoms with Gasteiger partial charge in [-0.25, -0.2) is 9.98 Å². The van der Waals surface area contributed by atoms with Crippen LogP contribution in [0.25, 0.3) is 11.6 Å². The first-order valence-electron chi connectivity index (χ1n) is 15.2. The molecule has 8 rings (SSSR count). The second kappa shape index (κ2) is 11.0. The number of hydrogen-bond acceptors (Lipinski definition) is 4. The fraction of sp³-hybridized carbons (Fsp3) is 0.154. The first-order chi connectivity index (χ1) is 21.3. The fourth-order valence-corrected chi connectivity index (χ4v) is 6.67. The van der Waals surface area contributed by atoms with Crippen molar-refractivity contribution < 1.29 is 0 Å². The first kappa shape index (κ1) is 25.6. The molecule has 0 fully saturated rings. The van der Waals surface area contributed by atoms with Gasteiger partial charge in [0.2, 0.25) is 0 Å². The lowest BCUT2D eigenvalue weighted by molar-refractivity contribution is 0.725. The van der Waals surface area contributed by atoms with Crippen LogP contribution in [0.2, 0.25) is 0 Å². The van der Waals surface area contributed by atoms with Crippen LogP contribution in [0.5, 0.6) is 0 Å². The van der Waals surface area contributed by atoms with Crippen LogP contribution < -0.4 is 15.8 Å². The van der Waals surface area contributed by atoms with Crippen molar-refractivity contribution >= 4 is 29.0 Å². The molecular formula is C39H32N4. The Kier molecular flexibility index (Phi) is 6.52. The van der Waals surface area contributed by atoms with Crippen LogP contribution in [0.15, 0.2) is 148 Å². The Bertz CT molecular complexity index is 1980. The van der Waals surface area contributed by atoms with Crippen molar-refractivity contribution in [2.75, 3.05) is 6.54 Å². The van der Waals surface area contributed by atoms with Crippen LogP contribution in [0.4, 0.5) is 0 Å². The van der Waals surface area contributed by atoms with Crippen molar-refractivity contribution in [3.05, 3.63) is 166 Å². The summed E-state index contributed by atoms with van der Waals surface area (Å²) in [5.74, 6) is 2.20. The highest BCUT2D eigenvalue weighted by molar-refractivity contribution is 6.16. The molecule has 2 heterocycles. The highest BCUT2D eigenvalue weighted by Gasteiger charge is 2.29. The first-order valence-corrected chi connectivity index (χ1v) is 15.2. The van der Waals surface area contributed by atoms with Crippen molar-refractivity contribution in [1.82, 2.24) is 5.32 Å². The summed E-state index contributed by atoms with van der Waals surface area (Å²) in [5, 5.41) is 6.18. The van der Waals surface area contributed by atoms with Gasteiger partial charge in [-0.15, -0.1) is 0 Å². The standard InChI is InChI=1S/C39H32N4/c1-3-12-26(13-4-1)37-41-38(27-14-5-2-6-15-27)43-39(42-37)31-23-29(22-30(24-31)36-20-11-21-40-36)35-25-28-16-7-8-17-32(28)33-18-9-10-19-34(33)35/h1-5,7-14,16-20,22-25,34-35,39H,6,15,21H2,(H,41,42,43). The summed E-state index contributed by atoms with van der Waals surface area (Å²) in [6, 6.07) is 26.0. The van der Waals surface area contributed by atoms with E-state index in [9.17, 15) is 0 Å². The quantitative estimate of drug-likeness (QED) is 0.398. The van der Waals surface area contributed by atoms with Crippen molar-refractivity contribution in [3.8, 4) is 0 Å². The van der Waals surface area contributed by atoms with Gasteiger partial charge < -0.3 is 5.32 Å². The number of nitrogens with one attached hydrogen (secondary N) is 1.